The van der Waals surface area contributed by atoms with Crippen molar-refractivity contribution in [3.8, 4) is 0 Å². The van der Waals surface area contributed by atoms with E-state index in [9.17, 15) is 9.59 Å². The van der Waals surface area contributed by atoms with Gasteiger partial charge in [-0.2, -0.15) is 5.10 Å². The van der Waals surface area contributed by atoms with Crippen molar-refractivity contribution in [3.63, 3.8) is 0 Å². The number of carbonyl (C=O) groups excluding carboxylic acids is 1. The number of benzene rings is 1. The van der Waals surface area contributed by atoms with Crippen LogP contribution in [0.2, 0.25) is 0 Å². The van der Waals surface area contributed by atoms with Crippen LogP contribution in [0.1, 0.15) is 38.3 Å². The zero-order valence-electron chi connectivity index (χ0n) is 17.1. The topological polar surface area (TPSA) is 76.3 Å². The fraction of sp³-hybridized carbons (Fsp3) is 0.455. The summed E-state index contributed by atoms with van der Waals surface area (Å²) in [6.45, 7) is 5.08. The van der Waals surface area contributed by atoms with Crippen molar-refractivity contribution in [2.24, 2.45) is 0 Å². The first-order chi connectivity index (χ1) is 14.6. The normalized spacial score (nSPS) is 20.2. The maximum atomic E-state index is 13.3. The molecule has 2 saturated heterocycles. The highest BCUT2D eigenvalue weighted by molar-refractivity contribution is 5.83. The van der Waals surface area contributed by atoms with Crippen molar-refractivity contribution in [1.29, 1.82) is 0 Å². The van der Waals surface area contributed by atoms with Crippen molar-refractivity contribution in [2.45, 2.75) is 38.3 Å². The van der Waals surface area contributed by atoms with Crippen LogP contribution in [0.5, 0.6) is 0 Å². The Morgan fingerprint density at radius 2 is 2.00 bits per heavy atom. The quantitative estimate of drug-likeness (QED) is 0.664. The molecule has 30 heavy (non-hydrogen) atoms. The highest BCUT2D eigenvalue weighted by Gasteiger charge is 2.30. The molecular weight excluding hydrogens is 380 g/mol. The summed E-state index contributed by atoms with van der Waals surface area (Å²) in [4.78, 5) is 34.4. The van der Waals surface area contributed by atoms with Crippen LogP contribution in [-0.2, 0) is 4.79 Å². The lowest BCUT2D eigenvalue weighted by atomic mass is 10.0. The van der Waals surface area contributed by atoms with Crippen LogP contribution in [0.25, 0.3) is 11.0 Å². The van der Waals surface area contributed by atoms with E-state index in [1.54, 1.807) is 23.3 Å². The van der Waals surface area contributed by atoms with Gasteiger partial charge in [-0.3, -0.25) is 9.59 Å². The lowest BCUT2D eigenvalue weighted by Gasteiger charge is -2.35. The number of piperidine rings is 1. The molecule has 2 fully saturated rings. The number of rotatable bonds is 4. The Kier molecular flexibility index (Phi) is 4.77. The monoisotopic (exact) mass is 406 g/mol. The predicted molar refractivity (Wildman–Crippen MR) is 115 cm³/mol. The Morgan fingerprint density at radius 1 is 1.17 bits per heavy atom. The van der Waals surface area contributed by atoms with Gasteiger partial charge in [0, 0.05) is 32.2 Å². The molecular formula is C22H26N6O2. The summed E-state index contributed by atoms with van der Waals surface area (Å²) >= 11 is 0. The van der Waals surface area contributed by atoms with E-state index in [0.29, 0.717) is 13.1 Å². The summed E-state index contributed by atoms with van der Waals surface area (Å²) in [6, 6.07) is 9.06. The van der Waals surface area contributed by atoms with Crippen molar-refractivity contribution in [3.05, 3.63) is 53.2 Å². The van der Waals surface area contributed by atoms with E-state index in [0.717, 1.165) is 49.1 Å². The lowest BCUT2D eigenvalue weighted by Crippen LogP contribution is -2.46. The largest absolute Gasteiger partial charge is 0.370 e. The lowest BCUT2D eigenvalue weighted by molar-refractivity contribution is -0.136. The molecule has 4 heterocycles. The second-order valence-corrected chi connectivity index (χ2v) is 8.23. The molecule has 8 nitrogen and oxygen atoms in total. The molecule has 2 atom stereocenters. The first-order valence-electron chi connectivity index (χ1n) is 10.7. The first-order valence-corrected chi connectivity index (χ1v) is 10.7. The van der Waals surface area contributed by atoms with Gasteiger partial charge in [-0.25, -0.2) is 9.67 Å². The van der Waals surface area contributed by atoms with Crippen molar-refractivity contribution >= 4 is 22.6 Å². The number of fused-ring (bicyclic) bond motifs is 1. The van der Waals surface area contributed by atoms with E-state index >= 15 is 0 Å². The van der Waals surface area contributed by atoms with Crippen molar-refractivity contribution < 1.29 is 4.79 Å². The van der Waals surface area contributed by atoms with Gasteiger partial charge in [0.05, 0.1) is 35.3 Å². The second-order valence-electron chi connectivity index (χ2n) is 8.23. The summed E-state index contributed by atoms with van der Waals surface area (Å²) in [5, 5.41) is 4.44. The number of hydrogen-bond acceptors (Lipinski definition) is 5. The van der Waals surface area contributed by atoms with Crippen LogP contribution in [0.15, 0.2) is 47.7 Å². The molecule has 156 valence electrons. The van der Waals surface area contributed by atoms with E-state index in [1.807, 2.05) is 40.7 Å². The third-order valence-corrected chi connectivity index (χ3v) is 6.34. The number of anilines is 1. The third-order valence-electron chi connectivity index (χ3n) is 6.34. The molecule has 0 unspecified atom stereocenters. The van der Waals surface area contributed by atoms with Crippen LogP contribution < -0.4 is 10.5 Å². The van der Waals surface area contributed by atoms with E-state index in [4.69, 9.17) is 0 Å². The van der Waals surface area contributed by atoms with E-state index < -0.39 is 0 Å². The summed E-state index contributed by atoms with van der Waals surface area (Å²) in [7, 11) is 0. The van der Waals surface area contributed by atoms with Gasteiger partial charge in [0.2, 0.25) is 5.91 Å². The van der Waals surface area contributed by atoms with Crippen molar-refractivity contribution in [1.82, 2.24) is 24.2 Å². The molecule has 2 aliphatic rings. The Morgan fingerprint density at radius 3 is 2.77 bits per heavy atom. The molecule has 2 aliphatic heterocycles. The molecule has 5 rings (SSSR count). The Labute approximate surface area is 174 Å². The van der Waals surface area contributed by atoms with Gasteiger partial charge in [-0.1, -0.05) is 12.1 Å². The summed E-state index contributed by atoms with van der Waals surface area (Å²) in [5.74, 6) is 0.0492. The maximum Gasteiger partial charge on any atom is 0.269 e. The average Bonchev–Trinajstić information content (AvgIpc) is 3.16. The Hall–Kier alpha value is -3.16. The highest BCUT2D eigenvalue weighted by Crippen LogP contribution is 2.25. The van der Waals surface area contributed by atoms with Gasteiger partial charge >= 0.3 is 0 Å². The van der Waals surface area contributed by atoms with Gasteiger partial charge in [0.1, 0.15) is 6.04 Å². The molecule has 0 bridgehead atoms. The average molecular weight is 406 g/mol. The van der Waals surface area contributed by atoms with Crippen LogP contribution in [-0.4, -0.2) is 56.3 Å². The number of carbonyl (C=O) groups is 1. The minimum absolute atomic E-state index is 0.0492. The van der Waals surface area contributed by atoms with E-state index in [1.165, 1.54) is 0 Å². The van der Waals surface area contributed by atoms with Crippen LogP contribution in [0.3, 0.4) is 0 Å². The molecule has 3 aromatic rings. The molecule has 2 aromatic heterocycles. The zero-order valence-corrected chi connectivity index (χ0v) is 17.1. The highest BCUT2D eigenvalue weighted by atomic mass is 16.2. The molecule has 0 saturated carbocycles. The minimum atomic E-state index is -0.352. The van der Waals surface area contributed by atoms with Crippen LogP contribution in [0.4, 0.5) is 5.69 Å². The number of amides is 1. The summed E-state index contributed by atoms with van der Waals surface area (Å²) in [5.41, 5.74) is 2.64. The van der Waals surface area contributed by atoms with Gasteiger partial charge < -0.3 is 14.4 Å². The van der Waals surface area contributed by atoms with Gasteiger partial charge in [0.25, 0.3) is 5.56 Å². The molecule has 1 aromatic carbocycles. The van der Waals surface area contributed by atoms with Gasteiger partial charge in [0.15, 0.2) is 0 Å². The third kappa shape index (κ3) is 3.26. The first kappa shape index (κ1) is 18.8. The molecule has 0 N–H and O–H groups in total. The standard InChI is InChI=1S/C22H26N6O2/c1-16(27-15-23-19-7-2-3-8-20(19)27)22(30)26-9-4-6-17(14-26)28-21(29)12-18(13-24-28)25-10-5-11-25/h2-3,7-8,12-13,15-17H,4-6,9-11,14H2,1H3/t16-,17+/m1/s1. The summed E-state index contributed by atoms with van der Waals surface area (Å²) in [6.07, 6.45) is 6.38. The van der Waals surface area contributed by atoms with Crippen molar-refractivity contribution in [2.75, 3.05) is 31.1 Å². The zero-order chi connectivity index (χ0) is 20.7. The number of likely N-dealkylation sites (tertiary alicyclic amines) is 1. The molecule has 0 spiro atoms. The van der Waals surface area contributed by atoms with Crippen LogP contribution >= 0.6 is 0 Å². The Balaban J connectivity index is 1.33. The fourth-order valence-corrected chi connectivity index (χ4v) is 4.45. The van der Waals surface area contributed by atoms with Gasteiger partial charge in [-0.05, 0) is 38.3 Å². The molecule has 0 radical (unpaired) electrons. The summed E-state index contributed by atoms with van der Waals surface area (Å²) < 4.78 is 3.48. The molecule has 0 aliphatic carbocycles. The minimum Gasteiger partial charge on any atom is -0.370 e. The van der Waals surface area contributed by atoms with Gasteiger partial charge in [-0.15, -0.1) is 0 Å². The maximum absolute atomic E-state index is 13.3. The van der Waals surface area contributed by atoms with E-state index in [2.05, 4.69) is 15.0 Å². The smallest absolute Gasteiger partial charge is 0.269 e. The SMILES string of the molecule is C[C@H](C(=O)N1CCC[C@H](n2ncc(N3CCC3)cc2=O)C1)n1cnc2ccccc21. The molecule has 8 heteroatoms. The Bertz CT molecular complexity index is 1130. The van der Waals surface area contributed by atoms with E-state index in [-0.39, 0.29) is 23.6 Å². The number of aromatic nitrogens is 4. The fourth-order valence-electron chi connectivity index (χ4n) is 4.45. The number of para-hydroxylation sites is 2. The number of hydrogen-bond donors (Lipinski definition) is 0. The van der Waals surface area contributed by atoms with Crippen LogP contribution in [0, 0.1) is 0 Å². The predicted octanol–water partition coefficient (Wildman–Crippen LogP) is 2.23. The molecule has 1 amide bonds. The second kappa shape index (κ2) is 7.59. The number of imidazole rings is 1. The number of nitrogens with zero attached hydrogens (tertiary/aromatic N) is 6.